The molecule has 2 aliphatic heterocycles. The Kier molecular flexibility index (Phi) is 7.48. The average Bonchev–Trinajstić information content (AvgIpc) is 3.49. The van der Waals surface area contributed by atoms with Crippen LogP contribution in [-0.4, -0.2) is 51.8 Å². The van der Waals surface area contributed by atoms with Crippen LogP contribution >= 0.6 is 0 Å². The molecular weight excluding hydrogens is 502 g/mol. The molecular formula is C29H36F2N6O2. The molecule has 0 bridgehead atoms. The molecule has 0 atom stereocenters. The molecule has 2 aromatic heterocycles. The molecule has 2 aliphatic rings. The highest BCUT2D eigenvalue weighted by Gasteiger charge is 2.27. The first-order chi connectivity index (χ1) is 18.8. The Morgan fingerprint density at radius 2 is 1.69 bits per heavy atom. The smallest absolute Gasteiger partial charge is 0.328 e. The summed E-state index contributed by atoms with van der Waals surface area (Å²) in [5.41, 5.74) is 6.49. The Balaban J connectivity index is 0.00000151. The van der Waals surface area contributed by atoms with Crippen molar-refractivity contribution in [3.05, 3.63) is 58.3 Å². The number of nitrogens with zero attached hydrogens (tertiary/aromatic N) is 6. The van der Waals surface area contributed by atoms with Gasteiger partial charge >= 0.3 is 5.69 Å². The van der Waals surface area contributed by atoms with Crippen molar-refractivity contribution in [2.75, 3.05) is 42.6 Å². The third kappa shape index (κ3) is 4.71. The number of alkyl halides is 2. The summed E-state index contributed by atoms with van der Waals surface area (Å²) in [5.74, 6) is 0. The standard InChI is InChI=1S/C27H30F2N6O2.C2H6/c1-31-16-18(15-30-31)20-11-17-5-4-6-35(22(17)14-21(20)26(28)29)19-12-23-25(33(3)27(36)32(23)2)24(13-19)34-7-9-37-10-8-34;1-2/h11-16,26H,4-10H2,1-3H3;1-2H3. The van der Waals surface area contributed by atoms with Gasteiger partial charge in [0.05, 0.1) is 36.1 Å². The van der Waals surface area contributed by atoms with Gasteiger partial charge in [0.25, 0.3) is 6.43 Å². The number of halogens is 2. The SMILES string of the molecule is CC.Cn1cc(-c2cc3c(cc2C(F)F)N(c2cc(N4CCOCC4)c4c(c2)n(C)c(=O)n4C)CCC3)cn1. The molecule has 4 aromatic rings. The molecule has 0 aliphatic carbocycles. The monoisotopic (exact) mass is 538 g/mol. The van der Waals surface area contributed by atoms with Crippen molar-refractivity contribution in [1.82, 2.24) is 18.9 Å². The van der Waals surface area contributed by atoms with E-state index in [2.05, 4.69) is 21.0 Å². The fraction of sp³-hybridized carbons (Fsp3) is 0.448. The number of benzene rings is 2. The summed E-state index contributed by atoms with van der Waals surface area (Å²) in [6.45, 7) is 7.39. The van der Waals surface area contributed by atoms with Crippen LogP contribution in [0.5, 0.6) is 0 Å². The predicted molar refractivity (Wildman–Crippen MR) is 151 cm³/mol. The number of ether oxygens (including phenoxy) is 1. The number of anilines is 3. The summed E-state index contributed by atoms with van der Waals surface area (Å²) >= 11 is 0. The first-order valence-corrected chi connectivity index (χ1v) is 13.6. The summed E-state index contributed by atoms with van der Waals surface area (Å²) in [4.78, 5) is 17.3. The maximum absolute atomic E-state index is 14.3. The van der Waals surface area contributed by atoms with Crippen LogP contribution in [0.25, 0.3) is 22.2 Å². The molecule has 0 spiro atoms. The molecule has 1 fully saturated rings. The maximum atomic E-state index is 14.3. The van der Waals surface area contributed by atoms with Gasteiger partial charge in [-0.15, -0.1) is 0 Å². The van der Waals surface area contributed by atoms with E-state index in [1.165, 1.54) is 0 Å². The van der Waals surface area contributed by atoms with E-state index in [4.69, 9.17) is 4.74 Å². The first kappa shape index (κ1) is 26.9. The Morgan fingerprint density at radius 3 is 2.36 bits per heavy atom. The van der Waals surface area contributed by atoms with Crippen LogP contribution in [0.1, 0.15) is 37.8 Å². The summed E-state index contributed by atoms with van der Waals surface area (Å²) in [6, 6.07) is 7.65. The van der Waals surface area contributed by atoms with Crippen molar-refractivity contribution in [2.45, 2.75) is 33.1 Å². The van der Waals surface area contributed by atoms with E-state index >= 15 is 0 Å². The number of hydrogen-bond acceptors (Lipinski definition) is 5. The summed E-state index contributed by atoms with van der Waals surface area (Å²) in [6.07, 6.45) is 2.49. The van der Waals surface area contributed by atoms with Crippen LogP contribution in [-0.2, 0) is 32.3 Å². The van der Waals surface area contributed by atoms with Crippen LogP contribution in [0.3, 0.4) is 0 Å². The zero-order valence-electron chi connectivity index (χ0n) is 23.2. The van der Waals surface area contributed by atoms with Gasteiger partial charge in [-0.05, 0) is 48.2 Å². The highest BCUT2D eigenvalue weighted by molar-refractivity contribution is 5.94. The van der Waals surface area contributed by atoms with E-state index in [0.717, 1.165) is 59.6 Å². The van der Waals surface area contributed by atoms with E-state index in [1.54, 1.807) is 53.4 Å². The topological polar surface area (TPSA) is 60.5 Å². The van der Waals surface area contributed by atoms with E-state index in [0.29, 0.717) is 30.9 Å². The van der Waals surface area contributed by atoms with Crippen LogP contribution in [0.15, 0.2) is 41.5 Å². The minimum atomic E-state index is -2.62. The van der Waals surface area contributed by atoms with Crippen molar-refractivity contribution in [2.24, 2.45) is 21.1 Å². The fourth-order valence-electron chi connectivity index (χ4n) is 5.72. The lowest BCUT2D eigenvalue weighted by atomic mass is 9.92. The van der Waals surface area contributed by atoms with E-state index in [-0.39, 0.29) is 11.3 Å². The van der Waals surface area contributed by atoms with Gasteiger partial charge < -0.3 is 14.5 Å². The molecule has 0 unspecified atom stereocenters. The van der Waals surface area contributed by atoms with Crippen molar-refractivity contribution >= 4 is 28.1 Å². The second-order valence-electron chi connectivity index (χ2n) is 9.86. The maximum Gasteiger partial charge on any atom is 0.328 e. The summed E-state index contributed by atoms with van der Waals surface area (Å²) < 4.78 is 39.2. The number of aromatic nitrogens is 4. The van der Waals surface area contributed by atoms with Gasteiger partial charge in [-0.1, -0.05) is 13.8 Å². The zero-order valence-corrected chi connectivity index (χ0v) is 23.2. The van der Waals surface area contributed by atoms with Crippen LogP contribution in [0, 0.1) is 0 Å². The second-order valence-corrected chi connectivity index (χ2v) is 9.86. The number of aryl methyl sites for hydroxylation is 4. The van der Waals surface area contributed by atoms with Crippen molar-refractivity contribution in [1.29, 1.82) is 0 Å². The molecule has 2 aromatic carbocycles. The van der Waals surface area contributed by atoms with Gasteiger partial charge in [0, 0.05) is 69.5 Å². The average molecular weight is 539 g/mol. The van der Waals surface area contributed by atoms with Crippen LogP contribution < -0.4 is 15.5 Å². The third-order valence-electron chi connectivity index (χ3n) is 7.61. The molecule has 208 valence electrons. The number of fused-ring (bicyclic) bond motifs is 2. The van der Waals surface area contributed by atoms with Gasteiger partial charge in [0.1, 0.15) is 0 Å². The lowest BCUT2D eigenvalue weighted by Gasteiger charge is -2.35. The molecule has 0 saturated carbocycles. The predicted octanol–water partition coefficient (Wildman–Crippen LogP) is 5.16. The van der Waals surface area contributed by atoms with Crippen molar-refractivity contribution in [3.8, 4) is 11.1 Å². The van der Waals surface area contributed by atoms with Crippen LogP contribution in [0.2, 0.25) is 0 Å². The quantitative estimate of drug-likeness (QED) is 0.359. The number of imidazole rings is 1. The highest BCUT2D eigenvalue weighted by atomic mass is 19.3. The molecule has 0 N–H and O–H groups in total. The summed E-state index contributed by atoms with van der Waals surface area (Å²) in [5, 5.41) is 4.19. The lowest BCUT2D eigenvalue weighted by molar-refractivity contribution is 0.123. The zero-order chi connectivity index (χ0) is 27.8. The Hall–Kier alpha value is -3.66. The minimum Gasteiger partial charge on any atom is -0.378 e. The molecule has 0 amide bonds. The molecule has 4 heterocycles. The fourth-order valence-corrected chi connectivity index (χ4v) is 5.72. The molecule has 0 radical (unpaired) electrons. The number of rotatable bonds is 4. The Morgan fingerprint density at radius 1 is 0.949 bits per heavy atom. The van der Waals surface area contributed by atoms with Crippen molar-refractivity contribution in [3.63, 3.8) is 0 Å². The number of morpholine rings is 1. The van der Waals surface area contributed by atoms with Crippen molar-refractivity contribution < 1.29 is 13.5 Å². The van der Waals surface area contributed by atoms with Gasteiger partial charge in [-0.2, -0.15) is 5.10 Å². The molecule has 39 heavy (non-hydrogen) atoms. The normalized spacial score (nSPS) is 15.5. The summed E-state index contributed by atoms with van der Waals surface area (Å²) in [7, 11) is 5.35. The van der Waals surface area contributed by atoms with Gasteiger partial charge in [0.2, 0.25) is 0 Å². The Bertz CT molecular complexity index is 1550. The Labute approximate surface area is 227 Å². The van der Waals surface area contributed by atoms with Gasteiger partial charge in [-0.25, -0.2) is 13.6 Å². The van der Waals surface area contributed by atoms with E-state index in [1.807, 2.05) is 26.0 Å². The highest BCUT2D eigenvalue weighted by Crippen LogP contribution is 2.43. The largest absolute Gasteiger partial charge is 0.378 e. The molecule has 8 nitrogen and oxygen atoms in total. The first-order valence-electron chi connectivity index (χ1n) is 13.6. The number of hydrogen-bond donors (Lipinski definition) is 0. The van der Waals surface area contributed by atoms with Gasteiger partial charge in [0.15, 0.2) is 0 Å². The minimum absolute atomic E-state index is 0.000224. The van der Waals surface area contributed by atoms with E-state index < -0.39 is 6.43 Å². The third-order valence-corrected chi connectivity index (χ3v) is 7.61. The van der Waals surface area contributed by atoms with Crippen LogP contribution in [0.4, 0.5) is 25.8 Å². The molecule has 10 heteroatoms. The molecule has 6 rings (SSSR count). The molecule has 1 saturated heterocycles. The lowest BCUT2D eigenvalue weighted by Crippen LogP contribution is -2.36. The van der Waals surface area contributed by atoms with Gasteiger partial charge in [-0.3, -0.25) is 13.8 Å². The van der Waals surface area contributed by atoms with E-state index in [9.17, 15) is 13.6 Å². The second kappa shape index (κ2) is 10.8.